The van der Waals surface area contributed by atoms with Crippen molar-refractivity contribution in [2.45, 2.75) is 45.4 Å². The fourth-order valence-corrected chi connectivity index (χ4v) is 2.78. The third-order valence-corrected chi connectivity index (χ3v) is 3.33. The summed E-state index contributed by atoms with van der Waals surface area (Å²) < 4.78 is 0. The van der Waals surface area contributed by atoms with E-state index in [0.717, 1.165) is 5.41 Å². The highest BCUT2D eigenvalue weighted by Crippen LogP contribution is 2.65. The lowest BCUT2D eigenvalue weighted by atomic mass is 9.98. The summed E-state index contributed by atoms with van der Waals surface area (Å²) in [4.78, 5) is 0. The average Bonchev–Trinajstić information content (AvgIpc) is 2.37. The second-order valence-corrected chi connectivity index (χ2v) is 3.91. The van der Waals surface area contributed by atoms with E-state index in [1.54, 1.807) is 19.3 Å². The number of rotatable bonds is 2. The van der Waals surface area contributed by atoms with Crippen LogP contribution in [0.25, 0.3) is 0 Å². The Bertz CT molecular complexity index is 117. The van der Waals surface area contributed by atoms with Gasteiger partial charge in [0.15, 0.2) is 0 Å². The fourth-order valence-electron chi connectivity index (χ4n) is 2.78. The minimum atomic E-state index is 0.911. The van der Waals surface area contributed by atoms with Crippen LogP contribution in [0.2, 0.25) is 0 Å². The summed E-state index contributed by atoms with van der Waals surface area (Å²) >= 11 is 0. The Morgan fingerprint density at radius 2 is 2.44 bits per heavy atom. The summed E-state index contributed by atoms with van der Waals surface area (Å²) in [5, 5.41) is 0. The molecule has 0 bridgehead atoms. The van der Waals surface area contributed by atoms with E-state index in [-0.39, 0.29) is 0 Å². The van der Waals surface area contributed by atoms with E-state index in [2.05, 4.69) is 6.92 Å². The van der Waals surface area contributed by atoms with Crippen LogP contribution in [-0.4, -0.2) is 0 Å². The van der Waals surface area contributed by atoms with Crippen LogP contribution in [-0.2, 0) is 0 Å². The molecule has 0 unspecified atom stereocenters. The molecular formula is C9H16. The van der Waals surface area contributed by atoms with E-state index >= 15 is 0 Å². The van der Waals surface area contributed by atoms with Crippen LogP contribution in [0.5, 0.6) is 0 Å². The third-order valence-electron chi connectivity index (χ3n) is 3.33. The molecule has 2 fully saturated rings. The van der Waals surface area contributed by atoms with Gasteiger partial charge in [-0.25, -0.2) is 0 Å². The molecule has 2 aliphatic carbocycles. The minimum Gasteiger partial charge on any atom is -0.0654 e. The minimum absolute atomic E-state index is 0.911. The standard InChI is InChI=1S/C9H16/c1-2-5-9-6-3-4-8(9)7-9/h8H,2-7H2,1H3/t8-,9+/m0/s1. The van der Waals surface area contributed by atoms with Crippen molar-refractivity contribution in [3.05, 3.63) is 0 Å². The van der Waals surface area contributed by atoms with Crippen LogP contribution < -0.4 is 0 Å². The smallest absolute Gasteiger partial charge is 0.0266 e. The normalized spacial score (nSPS) is 47.0. The van der Waals surface area contributed by atoms with Crippen LogP contribution in [0.1, 0.15) is 45.4 Å². The zero-order chi connectivity index (χ0) is 6.32. The molecule has 9 heavy (non-hydrogen) atoms. The lowest BCUT2D eigenvalue weighted by Crippen LogP contribution is -1.95. The summed E-state index contributed by atoms with van der Waals surface area (Å²) in [6.45, 7) is 2.32. The van der Waals surface area contributed by atoms with E-state index in [1.807, 2.05) is 0 Å². The Balaban J connectivity index is 1.95. The first-order valence-corrected chi connectivity index (χ1v) is 4.37. The molecule has 0 aromatic carbocycles. The molecule has 0 heteroatoms. The summed E-state index contributed by atoms with van der Waals surface area (Å²) in [5.74, 6) is 1.18. The molecule has 2 saturated carbocycles. The predicted octanol–water partition coefficient (Wildman–Crippen LogP) is 2.98. The second kappa shape index (κ2) is 1.74. The first-order valence-electron chi connectivity index (χ1n) is 4.37. The number of fused-ring (bicyclic) bond motifs is 1. The largest absolute Gasteiger partial charge is 0.0654 e. The molecule has 0 radical (unpaired) electrons. The molecule has 0 heterocycles. The van der Waals surface area contributed by atoms with Gasteiger partial charge in [-0.05, 0) is 37.0 Å². The quantitative estimate of drug-likeness (QED) is 0.531. The number of hydrogen-bond acceptors (Lipinski definition) is 0. The van der Waals surface area contributed by atoms with Crippen molar-refractivity contribution in [3.63, 3.8) is 0 Å². The second-order valence-electron chi connectivity index (χ2n) is 3.91. The molecule has 0 amide bonds. The maximum atomic E-state index is 2.32. The van der Waals surface area contributed by atoms with Crippen LogP contribution in [0.4, 0.5) is 0 Å². The van der Waals surface area contributed by atoms with Crippen molar-refractivity contribution < 1.29 is 0 Å². The molecule has 52 valence electrons. The van der Waals surface area contributed by atoms with Gasteiger partial charge in [0.25, 0.3) is 0 Å². The molecule has 0 aliphatic heterocycles. The van der Waals surface area contributed by atoms with Gasteiger partial charge < -0.3 is 0 Å². The van der Waals surface area contributed by atoms with Crippen molar-refractivity contribution in [1.29, 1.82) is 0 Å². The zero-order valence-corrected chi connectivity index (χ0v) is 6.32. The third kappa shape index (κ3) is 0.720. The maximum Gasteiger partial charge on any atom is -0.0266 e. The first kappa shape index (κ1) is 5.76. The van der Waals surface area contributed by atoms with Crippen LogP contribution >= 0.6 is 0 Å². The molecule has 0 aromatic heterocycles. The van der Waals surface area contributed by atoms with E-state index in [9.17, 15) is 0 Å². The average molecular weight is 124 g/mol. The Morgan fingerprint density at radius 1 is 1.56 bits per heavy atom. The molecule has 0 aromatic rings. The summed E-state index contributed by atoms with van der Waals surface area (Å²) in [5.41, 5.74) is 0.911. The van der Waals surface area contributed by atoms with Gasteiger partial charge in [-0.1, -0.05) is 19.8 Å². The van der Waals surface area contributed by atoms with E-state index in [1.165, 1.54) is 25.2 Å². The molecule has 0 nitrogen and oxygen atoms in total. The van der Waals surface area contributed by atoms with Crippen molar-refractivity contribution in [2.75, 3.05) is 0 Å². The van der Waals surface area contributed by atoms with Crippen LogP contribution in [0.3, 0.4) is 0 Å². The maximum absolute atomic E-state index is 2.32. The fraction of sp³-hybridized carbons (Fsp3) is 1.00. The van der Waals surface area contributed by atoms with Gasteiger partial charge in [0.2, 0.25) is 0 Å². The van der Waals surface area contributed by atoms with Gasteiger partial charge in [0.05, 0.1) is 0 Å². The Labute approximate surface area is 57.6 Å². The lowest BCUT2D eigenvalue weighted by molar-refractivity contribution is 0.440. The zero-order valence-electron chi connectivity index (χ0n) is 6.32. The molecule has 0 saturated heterocycles. The first-order chi connectivity index (χ1) is 4.37. The molecule has 2 rings (SSSR count). The van der Waals surface area contributed by atoms with Crippen molar-refractivity contribution in [1.82, 2.24) is 0 Å². The predicted molar refractivity (Wildman–Crippen MR) is 39.3 cm³/mol. The highest BCUT2D eigenvalue weighted by atomic mass is 14.6. The SMILES string of the molecule is CCC[C@]12CCC[C@H]1C2. The van der Waals surface area contributed by atoms with E-state index < -0.39 is 0 Å². The Morgan fingerprint density at radius 3 is 2.89 bits per heavy atom. The Hall–Kier alpha value is 0. The van der Waals surface area contributed by atoms with Crippen LogP contribution in [0, 0.1) is 11.3 Å². The van der Waals surface area contributed by atoms with E-state index in [4.69, 9.17) is 0 Å². The summed E-state index contributed by atoms with van der Waals surface area (Å²) in [6, 6.07) is 0. The summed E-state index contributed by atoms with van der Waals surface area (Å²) in [7, 11) is 0. The number of hydrogen-bond donors (Lipinski definition) is 0. The molecular weight excluding hydrogens is 108 g/mol. The molecule has 0 N–H and O–H groups in total. The topological polar surface area (TPSA) is 0 Å². The van der Waals surface area contributed by atoms with Crippen LogP contribution in [0.15, 0.2) is 0 Å². The van der Waals surface area contributed by atoms with Gasteiger partial charge in [-0.2, -0.15) is 0 Å². The van der Waals surface area contributed by atoms with Crippen molar-refractivity contribution in [2.24, 2.45) is 11.3 Å². The molecule has 2 atom stereocenters. The molecule has 0 spiro atoms. The van der Waals surface area contributed by atoms with Crippen molar-refractivity contribution in [3.8, 4) is 0 Å². The van der Waals surface area contributed by atoms with Crippen molar-refractivity contribution >= 4 is 0 Å². The summed E-state index contributed by atoms with van der Waals surface area (Å²) in [6.07, 6.45) is 9.17. The van der Waals surface area contributed by atoms with Gasteiger partial charge in [-0.3, -0.25) is 0 Å². The van der Waals surface area contributed by atoms with E-state index in [0.29, 0.717) is 0 Å². The lowest BCUT2D eigenvalue weighted by Gasteiger charge is -2.07. The van der Waals surface area contributed by atoms with Gasteiger partial charge in [0, 0.05) is 0 Å². The Kier molecular flexibility index (Phi) is 1.12. The van der Waals surface area contributed by atoms with Gasteiger partial charge in [-0.15, -0.1) is 0 Å². The van der Waals surface area contributed by atoms with Gasteiger partial charge >= 0.3 is 0 Å². The molecule has 2 aliphatic rings. The van der Waals surface area contributed by atoms with Gasteiger partial charge in [0.1, 0.15) is 0 Å². The highest BCUT2D eigenvalue weighted by molar-refractivity contribution is 5.05. The monoisotopic (exact) mass is 124 g/mol. The highest BCUT2D eigenvalue weighted by Gasteiger charge is 2.55.